The lowest BCUT2D eigenvalue weighted by Crippen LogP contribution is -2.44. The van der Waals surface area contributed by atoms with Crippen LogP contribution >= 0.6 is 24.0 Å². The normalized spacial score (nSPS) is 18.6. The molecule has 142 valence electrons. The Morgan fingerprint density at radius 3 is 2.72 bits per heavy atom. The first-order chi connectivity index (χ1) is 11.7. The molecule has 25 heavy (non-hydrogen) atoms. The molecule has 0 bridgehead atoms. The van der Waals surface area contributed by atoms with Crippen molar-refractivity contribution in [3.05, 3.63) is 30.3 Å². The molecule has 1 fully saturated rings. The van der Waals surface area contributed by atoms with Crippen molar-refractivity contribution in [2.75, 3.05) is 31.6 Å². The van der Waals surface area contributed by atoms with Crippen LogP contribution in [0.5, 0.6) is 0 Å². The Kier molecular flexibility index (Phi) is 10.9. The number of benzene rings is 1. The Hall–Kier alpha value is -0.980. The summed E-state index contributed by atoms with van der Waals surface area (Å²) in [6, 6.07) is 11.2. The van der Waals surface area contributed by atoms with E-state index < -0.39 is 0 Å². The van der Waals surface area contributed by atoms with Crippen LogP contribution in [0, 0.1) is 5.92 Å². The summed E-state index contributed by atoms with van der Waals surface area (Å²) in [4.78, 5) is 6.86. The molecular weight excluding hydrogens is 423 g/mol. The van der Waals surface area contributed by atoms with Crippen LogP contribution in [0.25, 0.3) is 0 Å². The average Bonchev–Trinajstić information content (AvgIpc) is 3.08. The highest BCUT2D eigenvalue weighted by Gasteiger charge is 2.22. The summed E-state index contributed by atoms with van der Waals surface area (Å²) in [6.07, 6.45) is 6.33. The Balaban J connectivity index is 0.00000312. The van der Waals surface area contributed by atoms with Crippen LogP contribution in [0.1, 0.15) is 46.0 Å². The van der Waals surface area contributed by atoms with Gasteiger partial charge in [0.2, 0.25) is 0 Å². The number of nitrogens with one attached hydrogen (secondary N) is 2. The van der Waals surface area contributed by atoms with Gasteiger partial charge in [-0.15, -0.1) is 24.0 Å². The van der Waals surface area contributed by atoms with E-state index in [9.17, 15) is 0 Å². The van der Waals surface area contributed by atoms with E-state index in [0.29, 0.717) is 12.0 Å². The molecule has 1 aliphatic rings. The van der Waals surface area contributed by atoms with Gasteiger partial charge in [-0.1, -0.05) is 44.4 Å². The van der Waals surface area contributed by atoms with Gasteiger partial charge in [-0.3, -0.25) is 4.99 Å². The number of guanidine groups is 1. The van der Waals surface area contributed by atoms with Crippen LogP contribution < -0.4 is 15.5 Å². The molecule has 2 N–H and O–H groups in total. The van der Waals surface area contributed by atoms with Crippen molar-refractivity contribution >= 4 is 35.6 Å². The lowest BCUT2D eigenvalue weighted by Gasteiger charge is -2.21. The molecule has 1 aliphatic heterocycles. The largest absolute Gasteiger partial charge is 0.371 e. The van der Waals surface area contributed by atoms with E-state index in [-0.39, 0.29) is 24.0 Å². The number of nitrogens with zero attached hydrogens (tertiary/aromatic N) is 2. The third-order valence-corrected chi connectivity index (χ3v) is 4.81. The topological polar surface area (TPSA) is 39.7 Å². The van der Waals surface area contributed by atoms with E-state index in [2.05, 4.69) is 64.7 Å². The van der Waals surface area contributed by atoms with Crippen molar-refractivity contribution in [1.82, 2.24) is 10.6 Å². The SMILES string of the molecule is CCCCCC(C)NC(=NC)NCC1CCN(c2ccccc2)C1.I. The zero-order valence-electron chi connectivity index (χ0n) is 16.0. The predicted molar refractivity (Wildman–Crippen MR) is 120 cm³/mol. The van der Waals surface area contributed by atoms with Gasteiger partial charge in [-0.2, -0.15) is 0 Å². The van der Waals surface area contributed by atoms with Crippen molar-refractivity contribution < 1.29 is 0 Å². The van der Waals surface area contributed by atoms with Gasteiger partial charge in [0.25, 0.3) is 0 Å². The highest BCUT2D eigenvalue weighted by atomic mass is 127. The second-order valence-corrected chi connectivity index (χ2v) is 6.93. The zero-order valence-corrected chi connectivity index (χ0v) is 18.3. The summed E-state index contributed by atoms with van der Waals surface area (Å²) in [5.74, 6) is 1.62. The Morgan fingerprint density at radius 1 is 1.28 bits per heavy atom. The van der Waals surface area contributed by atoms with Crippen molar-refractivity contribution in [3.63, 3.8) is 0 Å². The van der Waals surface area contributed by atoms with Gasteiger partial charge >= 0.3 is 0 Å². The number of para-hydroxylation sites is 1. The molecule has 0 aromatic heterocycles. The first kappa shape index (κ1) is 22.1. The maximum atomic E-state index is 4.38. The Labute approximate surface area is 170 Å². The number of aliphatic imine (C=N–C) groups is 1. The van der Waals surface area contributed by atoms with Gasteiger partial charge in [0.15, 0.2) is 5.96 Å². The van der Waals surface area contributed by atoms with E-state index in [1.165, 1.54) is 37.8 Å². The van der Waals surface area contributed by atoms with Crippen LogP contribution in [0.3, 0.4) is 0 Å². The molecule has 2 unspecified atom stereocenters. The summed E-state index contributed by atoms with van der Waals surface area (Å²) >= 11 is 0. The van der Waals surface area contributed by atoms with E-state index in [0.717, 1.165) is 25.6 Å². The molecule has 1 saturated heterocycles. The fourth-order valence-corrected chi connectivity index (χ4v) is 3.31. The summed E-state index contributed by atoms with van der Waals surface area (Å²) < 4.78 is 0. The second-order valence-electron chi connectivity index (χ2n) is 6.93. The molecule has 1 aromatic carbocycles. The molecule has 0 spiro atoms. The van der Waals surface area contributed by atoms with E-state index in [1.807, 2.05) is 7.05 Å². The smallest absolute Gasteiger partial charge is 0.191 e. The van der Waals surface area contributed by atoms with Gasteiger partial charge < -0.3 is 15.5 Å². The fraction of sp³-hybridized carbons (Fsp3) is 0.650. The third kappa shape index (κ3) is 7.84. The summed E-state index contributed by atoms with van der Waals surface area (Å²) in [5, 5.41) is 7.03. The predicted octanol–water partition coefficient (Wildman–Crippen LogP) is 4.26. The molecule has 1 heterocycles. The van der Waals surface area contributed by atoms with E-state index >= 15 is 0 Å². The van der Waals surface area contributed by atoms with E-state index in [4.69, 9.17) is 0 Å². The molecule has 0 radical (unpaired) electrons. The van der Waals surface area contributed by atoms with E-state index in [1.54, 1.807) is 0 Å². The number of hydrogen-bond acceptors (Lipinski definition) is 2. The minimum Gasteiger partial charge on any atom is -0.371 e. The number of rotatable bonds is 8. The van der Waals surface area contributed by atoms with Crippen LogP contribution in [0.4, 0.5) is 5.69 Å². The molecule has 1 aromatic rings. The molecule has 2 rings (SSSR count). The highest BCUT2D eigenvalue weighted by Crippen LogP contribution is 2.22. The van der Waals surface area contributed by atoms with Crippen LogP contribution in [0.15, 0.2) is 35.3 Å². The standard InChI is InChI=1S/C20H34N4.HI/c1-4-5-7-10-17(2)23-20(21-3)22-15-18-13-14-24(16-18)19-11-8-6-9-12-19;/h6,8-9,11-12,17-18H,4-5,7,10,13-16H2,1-3H3,(H2,21,22,23);1H. The second kappa shape index (κ2) is 12.4. The minimum absolute atomic E-state index is 0. The number of hydrogen-bond donors (Lipinski definition) is 2. The van der Waals surface area contributed by atoms with Gasteiger partial charge in [0, 0.05) is 38.4 Å². The zero-order chi connectivity index (χ0) is 17.2. The molecule has 5 heteroatoms. The Bertz CT molecular complexity index is 492. The molecule has 0 saturated carbocycles. The van der Waals surface area contributed by atoms with Crippen LogP contribution in [-0.4, -0.2) is 38.7 Å². The Morgan fingerprint density at radius 2 is 2.04 bits per heavy atom. The van der Waals surface area contributed by atoms with Gasteiger partial charge in [-0.25, -0.2) is 0 Å². The lowest BCUT2D eigenvalue weighted by molar-refractivity contribution is 0.530. The van der Waals surface area contributed by atoms with Gasteiger partial charge in [-0.05, 0) is 37.8 Å². The molecule has 2 atom stereocenters. The number of halogens is 1. The summed E-state index contributed by atoms with van der Waals surface area (Å²) in [6.45, 7) is 7.76. The van der Waals surface area contributed by atoms with Crippen molar-refractivity contribution in [2.45, 2.75) is 52.0 Å². The number of unbranched alkanes of at least 4 members (excludes halogenated alkanes) is 2. The maximum Gasteiger partial charge on any atom is 0.191 e. The van der Waals surface area contributed by atoms with Crippen LogP contribution in [-0.2, 0) is 0 Å². The van der Waals surface area contributed by atoms with Gasteiger partial charge in [0.05, 0.1) is 0 Å². The molecular formula is C20H35IN4. The number of anilines is 1. The minimum atomic E-state index is 0. The fourth-order valence-electron chi connectivity index (χ4n) is 3.31. The van der Waals surface area contributed by atoms with Crippen molar-refractivity contribution in [3.8, 4) is 0 Å². The van der Waals surface area contributed by atoms with Gasteiger partial charge in [0.1, 0.15) is 0 Å². The molecule has 0 aliphatic carbocycles. The van der Waals surface area contributed by atoms with Crippen LogP contribution in [0.2, 0.25) is 0 Å². The summed E-state index contributed by atoms with van der Waals surface area (Å²) in [5.41, 5.74) is 1.34. The first-order valence-electron chi connectivity index (χ1n) is 9.50. The molecule has 4 nitrogen and oxygen atoms in total. The van der Waals surface area contributed by atoms with Crippen molar-refractivity contribution in [2.24, 2.45) is 10.9 Å². The quantitative estimate of drug-likeness (QED) is 0.265. The lowest BCUT2D eigenvalue weighted by atomic mass is 10.1. The first-order valence-corrected chi connectivity index (χ1v) is 9.50. The maximum absolute atomic E-state index is 4.38. The van der Waals surface area contributed by atoms with Crippen molar-refractivity contribution in [1.29, 1.82) is 0 Å². The summed E-state index contributed by atoms with van der Waals surface area (Å²) in [7, 11) is 1.86. The monoisotopic (exact) mass is 458 g/mol. The highest BCUT2D eigenvalue weighted by molar-refractivity contribution is 14.0. The third-order valence-electron chi connectivity index (χ3n) is 4.81. The average molecular weight is 458 g/mol. The molecule has 0 amide bonds.